The van der Waals surface area contributed by atoms with E-state index in [1.807, 2.05) is 0 Å². The summed E-state index contributed by atoms with van der Waals surface area (Å²) < 4.78 is 0. The largest absolute Gasteiger partial charge is 0.481 e. The van der Waals surface area contributed by atoms with E-state index in [1.165, 1.54) is 11.8 Å². The summed E-state index contributed by atoms with van der Waals surface area (Å²) in [4.78, 5) is 35.0. The van der Waals surface area contributed by atoms with Crippen molar-refractivity contribution in [2.75, 3.05) is 13.1 Å². The molecule has 1 rings (SSSR count). The number of nitrogens with zero attached hydrogens (tertiary/aromatic N) is 1. The van der Waals surface area contributed by atoms with Crippen LogP contribution in [0.15, 0.2) is 0 Å². The molecule has 0 aromatic heterocycles. The predicted octanol–water partition coefficient (Wildman–Crippen LogP) is -1.86. The summed E-state index contributed by atoms with van der Waals surface area (Å²) in [6.45, 7) is 2.13. The SMILES string of the molecule is C[C@H](N)C(=O)N1CCNC(=O)C1CC(=O)O. The fourth-order valence-corrected chi connectivity index (χ4v) is 1.61. The fourth-order valence-electron chi connectivity index (χ4n) is 1.61. The van der Waals surface area contributed by atoms with E-state index < -0.39 is 36.3 Å². The fraction of sp³-hybridized carbons (Fsp3) is 0.667. The maximum atomic E-state index is 11.7. The van der Waals surface area contributed by atoms with Crippen LogP contribution in [-0.4, -0.2) is 53.0 Å². The summed E-state index contributed by atoms with van der Waals surface area (Å²) in [5.74, 6) is -1.96. The van der Waals surface area contributed by atoms with Crippen LogP contribution < -0.4 is 11.1 Å². The van der Waals surface area contributed by atoms with Gasteiger partial charge in [0, 0.05) is 13.1 Å². The van der Waals surface area contributed by atoms with E-state index in [9.17, 15) is 14.4 Å². The molecule has 2 amide bonds. The van der Waals surface area contributed by atoms with Gasteiger partial charge in [0.2, 0.25) is 11.8 Å². The predicted molar refractivity (Wildman–Crippen MR) is 54.4 cm³/mol. The van der Waals surface area contributed by atoms with Crippen LogP contribution in [0.5, 0.6) is 0 Å². The first-order valence-corrected chi connectivity index (χ1v) is 4.99. The lowest BCUT2D eigenvalue weighted by Gasteiger charge is -2.35. The molecule has 2 atom stereocenters. The van der Waals surface area contributed by atoms with Crippen LogP contribution in [0.3, 0.4) is 0 Å². The lowest BCUT2D eigenvalue weighted by Crippen LogP contribution is -2.60. The second kappa shape index (κ2) is 4.93. The molecular weight excluding hydrogens is 214 g/mol. The van der Waals surface area contributed by atoms with Gasteiger partial charge in [-0.1, -0.05) is 0 Å². The van der Waals surface area contributed by atoms with Crippen molar-refractivity contribution in [3.05, 3.63) is 0 Å². The molecule has 0 aromatic rings. The highest BCUT2D eigenvalue weighted by molar-refractivity contribution is 5.92. The zero-order chi connectivity index (χ0) is 12.3. The molecule has 16 heavy (non-hydrogen) atoms. The molecular formula is C9H15N3O4. The molecule has 90 valence electrons. The van der Waals surface area contributed by atoms with Gasteiger partial charge in [-0.25, -0.2) is 0 Å². The zero-order valence-corrected chi connectivity index (χ0v) is 8.97. The van der Waals surface area contributed by atoms with E-state index in [-0.39, 0.29) is 0 Å². The number of carboxylic acids is 1. The third kappa shape index (κ3) is 2.69. The van der Waals surface area contributed by atoms with E-state index >= 15 is 0 Å². The number of rotatable bonds is 3. The molecule has 0 saturated carbocycles. The Hall–Kier alpha value is -1.63. The number of nitrogens with two attached hydrogens (primary N) is 1. The van der Waals surface area contributed by atoms with Crippen LogP contribution >= 0.6 is 0 Å². The standard InChI is InChI=1S/C9H15N3O4/c1-5(10)9(16)12-3-2-11-8(15)6(12)4-7(13)14/h5-6H,2-4,10H2,1H3,(H,11,15)(H,13,14)/t5-,6?/m0/s1. The van der Waals surface area contributed by atoms with Crippen molar-refractivity contribution < 1.29 is 19.5 Å². The molecule has 0 aliphatic carbocycles. The number of carbonyl (C=O) groups is 3. The first-order chi connectivity index (χ1) is 7.43. The molecule has 4 N–H and O–H groups in total. The topological polar surface area (TPSA) is 113 Å². The third-order valence-corrected chi connectivity index (χ3v) is 2.37. The van der Waals surface area contributed by atoms with Gasteiger partial charge in [-0.05, 0) is 6.92 Å². The highest BCUT2D eigenvalue weighted by atomic mass is 16.4. The monoisotopic (exact) mass is 229 g/mol. The van der Waals surface area contributed by atoms with E-state index in [0.29, 0.717) is 13.1 Å². The minimum Gasteiger partial charge on any atom is -0.481 e. The van der Waals surface area contributed by atoms with Crippen molar-refractivity contribution in [2.45, 2.75) is 25.4 Å². The van der Waals surface area contributed by atoms with Crippen molar-refractivity contribution in [1.82, 2.24) is 10.2 Å². The highest BCUT2D eigenvalue weighted by Crippen LogP contribution is 2.10. The molecule has 7 heteroatoms. The zero-order valence-electron chi connectivity index (χ0n) is 8.97. The first kappa shape index (κ1) is 12.4. The van der Waals surface area contributed by atoms with Crippen LogP contribution in [0.2, 0.25) is 0 Å². The second-order valence-electron chi connectivity index (χ2n) is 3.72. The Kier molecular flexibility index (Phi) is 3.83. The molecule has 0 spiro atoms. The molecule has 1 saturated heterocycles. The van der Waals surface area contributed by atoms with Crippen LogP contribution in [0.1, 0.15) is 13.3 Å². The molecule has 1 unspecified atom stereocenters. The minimum atomic E-state index is -1.12. The van der Waals surface area contributed by atoms with Gasteiger partial charge in [-0.15, -0.1) is 0 Å². The number of carbonyl (C=O) groups excluding carboxylic acids is 2. The minimum absolute atomic E-state index is 0.296. The number of nitrogens with one attached hydrogen (secondary N) is 1. The van der Waals surface area contributed by atoms with Gasteiger partial charge in [-0.3, -0.25) is 14.4 Å². The Bertz CT molecular complexity index is 316. The Morgan fingerprint density at radius 1 is 1.69 bits per heavy atom. The summed E-state index contributed by atoms with van der Waals surface area (Å²) in [7, 11) is 0. The highest BCUT2D eigenvalue weighted by Gasteiger charge is 2.35. The summed E-state index contributed by atoms with van der Waals surface area (Å²) in [5.41, 5.74) is 5.43. The van der Waals surface area contributed by atoms with Gasteiger partial charge in [0.05, 0.1) is 12.5 Å². The Morgan fingerprint density at radius 2 is 2.31 bits per heavy atom. The quantitative estimate of drug-likeness (QED) is 0.525. The van der Waals surface area contributed by atoms with E-state index in [1.54, 1.807) is 0 Å². The normalized spacial score (nSPS) is 22.5. The smallest absolute Gasteiger partial charge is 0.305 e. The van der Waals surface area contributed by atoms with Gasteiger partial charge in [0.25, 0.3) is 0 Å². The average molecular weight is 229 g/mol. The van der Waals surface area contributed by atoms with Crippen LogP contribution in [0.25, 0.3) is 0 Å². The number of hydrogen-bond acceptors (Lipinski definition) is 4. The average Bonchev–Trinajstić information content (AvgIpc) is 2.19. The molecule has 7 nitrogen and oxygen atoms in total. The van der Waals surface area contributed by atoms with E-state index in [2.05, 4.69) is 5.32 Å². The summed E-state index contributed by atoms with van der Waals surface area (Å²) >= 11 is 0. The maximum Gasteiger partial charge on any atom is 0.305 e. The second-order valence-corrected chi connectivity index (χ2v) is 3.72. The maximum absolute atomic E-state index is 11.7. The Balaban J connectivity index is 2.82. The molecule has 0 aromatic carbocycles. The van der Waals surface area contributed by atoms with E-state index in [0.717, 1.165) is 0 Å². The van der Waals surface area contributed by atoms with Crippen molar-refractivity contribution in [2.24, 2.45) is 5.73 Å². The van der Waals surface area contributed by atoms with Crippen LogP contribution in [-0.2, 0) is 14.4 Å². The summed E-state index contributed by atoms with van der Waals surface area (Å²) in [5, 5.41) is 11.2. The molecule has 1 heterocycles. The number of piperazine rings is 1. The third-order valence-electron chi connectivity index (χ3n) is 2.37. The number of hydrogen-bond donors (Lipinski definition) is 3. The molecule has 1 aliphatic rings. The molecule has 0 radical (unpaired) electrons. The van der Waals surface area contributed by atoms with Crippen molar-refractivity contribution in [3.8, 4) is 0 Å². The van der Waals surface area contributed by atoms with Gasteiger partial charge < -0.3 is 21.1 Å². The number of amides is 2. The van der Waals surface area contributed by atoms with Crippen molar-refractivity contribution in [3.63, 3.8) is 0 Å². The van der Waals surface area contributed by atoms with Gasteiger partial charge in [0.1, 0.15) is 6.04 Å². The lowest BCUT2D eigenvalue weighted by atomic mass is 10.1. The van der Waals surface area contributed by atoms with E-state index in [4.69, 9.17) is 10.8 Å². The van der Waals surface area contributed by atoms with Gasteiger partial charge >= 0.3 is 5.97 Å². The first-order valence-electron chi connectivity index (χ1n) is 4.99. The molecule has 1 fully saturated rings. The van der Waals surface area contributed by atoms with Crippen LogP contribution in [0.4, 0.5) is 0 Å². The number of aliphatic carboxylic acids is 1. The number of carboxylic acid groups (broad SMARTS) is 1. The Morgan fingerprint density at radius 3 is 2.81 bits per heavy atom. The summed E-state index contributed by atoms with van der Waals surface area (Å²) in [6, 6.07) is -1.69. The van der Waals surface area contributed by atoms with Crippen molar-refractivity contribution >= 4 is 17.8 Å². The molecule has 1 aliphatic heterocycles. The van der Waals surface area contributed by atoms with Gasteiger partial charge in [-0.2, -0.15) is 0 Å². The van der Waals surface area contributed by atoms with Gasteiger partial charge in [0.15, 0.2) is 0 Å². The molecule has 0 bridgehead atoms. The lowest BCUT2D eigenvalue weighted by molar-refractivity contribution is -0.149. The van der Waals surface area contributed by atoms with Crippen LogP contribution in [0, 0.1) is 0 Å². The Labute approximate surface area is 92.6 Å². The van der Waals surface area contributed by atoms with Crippen molar-refractivity contribution in [1.29, 1.82) is 0 Å². The summed E-state index contributed by atoms with van der Waals surface area (Å²) in [6.07, 6.45) is -0.399.